The van der Waals surface area contributed by atoms with Gasteiger partial charge in [0.25, 0.3) is 5.91 Å². The Morgan fingerprint density at radius 1 is 0.903 bits per heavy atom. The summed E-state index contributed by atoms with van der Waals surface area (Å²) >= 11 is 0. The lowest BCUT2D eigenvalue weighted by Crippen LogP contribution is -2.22. The van der Waals surface area contributed by atoms with Gasteiger partial charge in [-0.15, -0.1) is 0 Å². The Balaban J connectivity index is 1.47. The summed E-state index contributed by atoms with van der Waals surface area (Å²) < 4.78 is 2.10. The molecule has 31 heavy (non-hydrogen) atoms. The summed E-state index contributed by atoms with van der Waals surface area (Å²) in [4.78, 5) is 29.2. The third kappa shape index (κ3) is 4.64. The molecule has 0 saturated heterocycles. The van der Waals surface area contributed by atoms with Crippen molar-refractivity contribution in [2.45, 2.75) is 19.8 Å². The lowest BCUT2D eigenvalue weighted by molar-refractivity contribution is -0.116. The number of nitrogens with zero attached hydrogens (tertiary/aromatic N) is 2. The molecule has 0 radical (unpaired) electrons. The average Bonchev–Trinajstić information content (AvgIpc) is 3.17. The summed E-state index contributed by atoms with van der Waals surface area (Å²) in [6, 6.07) is 24.9. The first-order valence-corrected chi connectivity index (χ1v) is 10.4. The molecular formula is C25H24N4O2. The first-order chi connectivity index (χ1) is 15.2. The van der Waals surface area contributed by atoms with E-state index >= 15 is 0 Å². The lowest BCUT2D eigenvalue weighted by Gasteiger charge is -2.10. The minimum atomic E-state index is -0.125. The standard InChI is InChI=1S/C25H24N4O2/c1-2-26-25(31)18-12-14-19(15-13-18)27-24(30)17-16-23-28-21-10-6-7-11-22(21)29(23)20-8-4-3-5-9-20/h3-15H,2,16-17H2,1H3,(H,26,31)(H,27,30). The monoisotopic (exact) mass is 412 g/mol. The molecule has 0 atom stereocenters. The molecule has 2 amide bonds. The van der Waals surface area contributed by atoms with Crippen LogP contribution >= 0.6 is 0 Å². The molecule has 1 aromatic heterocycles. The number of nitrogens with one attached hydrogen (secondary N) is 2. The zero-order valence-corrected chi connectivity index (χ0v) is 17.3. The third-order valence-corrected chi connectivity index (χ3v) is 4.99. The van der Waals surface area contributed by atoms with E-state index in [-0.39, 0.29) is 11.8 Å². The van der Waals surface area contributed by atoms with Crippen molar-refractivity contribution < 1.29 is 9.59 Å². The lowest BCUT2D eigenvalue weighted by atomic mass is 10.2. The molecule has 6 heteroatoms. The van der Waals surface area contributed by atoms with Crippen molar-refractivity contribution in [1.29, 1.82) is 0 Å². The molecule has 0 bridgehead atoms. The number of fused-ring (bicyclic) bond motifs is 1. The first-order valence-electron chi connectivity index (χ1n) is 10.4. The highest BCUT2D eigenvalue weighted by atomic mass is 16.2. The van der Waals surface area contributed by atoms with E-state index in [1.54, 1.807) is 24.3 Å². The van der Waals surface area contributed by atoms with Crippen molar-refractivity contribution in [3.63, 3.8) is 0 Å². The Hall–Kier alpha value is -3.93. The predicted molar refractivity (Wildman–Crippen MR) is 122 cm³/mol. The van der Waals surface area contributed by atoms with Gasteiger partial charge >= 0.3 is 0 Å². The first kappa shape index (κ1) is 20.3. The number of benzene rings is 3. The average molecular weight is 412 g/mol. The van der Waals surface area contributed by atoms with Crippen LogP contribution in [0.2, 0.25) is 0 Å². The van der Waals surface area contributed by atoms with E-state index in [4.69, 9.17) is 4.98 Å². The van der Waals surface area contributed by atoms with Crippen LogP contribution in [0.5, 0.6) is 0 Å². The zero-order valence-electron chi connectivity index (χ0n) is 17.3. The fourth-order valence-corrected chi connectivity index (χ4v) is 3.53. The fourth-order valence-electron chi connectivity index (χ4n) is 3.53. The Morgan fingerprint density at radius 3 is 2.35 bits per heavy atom. The van der Waals surface area contributed by atoms with E-state index in [0.29, 0.717) is 30.6 Å². The van der Waals surface area contributed by atoms with Crippen LogP contribution in [0.25, 0.3) is 16.7 Å². The van der Waals surface area contributed by atoms with Gasteiger partial charge in [-0.05, 0) is 55.5 Å². The molecular weight excluding hydrogens is 388 g/mol. The van der Waals surface area contributed by atoms with Crippen LogP contribution in [0.4, 0.5) is 5.69 Å². The Labute approximate surface area is 180 Å². The SMILES string of the molecule is CCNC(=O)c1ccc(NC(=O)CCc2nc3ccccc3n2-c2ccccc2)cc1. The number of imidazole rings is 1. The molecule has 0 aliphatic heterocycles. The molecule has 0 fully saturated rings. The molecule has 4 aromatic rings. The predicted octanol–water partition coefficient (Wildman–Crippen LogP) is 4.35. The van der Waals surface area contributed by atoms with Gasteiger partial charge in [-0.1, -0.05) is 30.3 Å². The highest BCUT2D eigenvalue weighted by molar-refractivity contribution is 5.95. The maximum Gasteiger partial charge on any atom is 0.251 e. The number of amides is 2. The van der Waals surface area contributed by atoms with E-state index in [0.717, 1.165) is 22.5 Å². The zero-order chi connectivity index (χ0) is 21.6. The second-order valence-corrected chi connectivity index (χ2v) is 7.17. The summed E-state index contributed by atoms with van der Waals surface area (Å²) in [6.45, 7) is 2.45. The summed E-state index contributed by atoms with van der Waals surface area (Å²) in [6.07, 6.45) is 0.806. The molecule has 0 spiro atoms. The molecule has 156 valence electrons. The normalized spacial score (nSPS) is 10.7. The van der Waals surface area contributed by atoms with E-state index in [2.05, 4.69) is 15.2 Å². The van der Waals surface area contributed by atoms with E-state index in [1.165, 1.54) is 0 Å². The number of para-hydroxylation sites is 3. The van der Waals surface area contributed by atoms with Crippen molar-refractivity contribution in [2.24, 2.45) is 0 Å². The molecule has 0 aliphatic rings. The molecule has 3 aromatic carbocycles. The molecule has 0 saturated carbocycles. The smallest absolute Gasteiger partial charge is 0.251 e. The van der Waals surface area contributed by atoms with Gasteiger partial charge in [-0.2, -0.15) is 0 Å². The van der Waals surface area contributed by atoms with Gasteiger partial charge in [0, 0.05) is 36.3 Å². The van der Waals surface area contributed by atoms with E-state index in [9.17, 15) is 9.59 Å². The van der Waals surface area contributed by atoms with Gasteiger partial charge < -0.3 is 10.6 Å². The van der Waals surface area contributed by atoms with Crippen molar-refractivity contribution in [3.8, 4) is 5.69 Å². The second kappa shape index (κ2) is 9.26. The number of hydrogen-bond donors (Lipinski definition) is 2. The van der Waals surface area contributed by atoms with Crippen molar-refractivity contribution >= 4 is 28.5 Å². The summed E-state index contributed by atoms with van der Waals surface area (Å²) in [5.74, 6) is 0.617. The van der Waals surface area contributed by atoms with Crippen LogP contribution in [-0.4, -0.2) is 27.9 Å². The minimum Gasteiger partial charge on any atom is -0.352 e. The number of aromatic nitrogens is 2. The molecule has 4 rings (SSSR count). The highest BCUT2D eigenvalue weighted by Gasteiger charge is 2.14. The van der Waals surface area contributed by atoms with Gasteiger partial charge in [0.15, 0.2) is 0 Å². The number of carbonyl (C=O) groups is 2. The Morgan fingerprint density at radius 2 is 1.61 bits per heavy atom. The largest absolute Gasteiger partial charge is 0.352 e. The summed E-state index contributed by atoms with van der Waals surface area (Å²) in [5.41, 5.74) is 4.17. The molecule has 1 heterocycles. The highest BCUT2D eigenvalue weighted by Crippen LogP contribution is 2.22. The third-order valence-electron chi connectivity index (χ3n) is 4.99. The number of rotatable bonds is 7. The summed E-state index contributed by atoms with van der Waals surface area (Å²) in [5, 5.41) is 5.65. The van der Waals surface area contributed by atoms with Gasteiger partial charge in [0.1, 0.15) is 5.82 Å². The van der Waals surface area contributed by atoms with Gasteiger partial charge in [-0.3, -0.25) is 14.2 Å². The number of hydrogen-bond acceptors (Lipinski definition) is 3. The quantitative estimate of drug-likeness (QED) is 0.474. The number of carbonyl (C=O) groups excluding carboxylic acids is 2. The fraction of sp³-hybridized carbons (Fsp3) is 0.160. The van der Waals surface area contributed by atoms with Crippen LogP contribution < -0.4 is 10.6 Å². The van der Waals surface area contributed by atoms with E-state index in [1.807, 2.05) is 61.5 Å². The molecule has 0 unspecified atom stereocenters. The number of anilines is 1. The van der Waals surface area contributed by atoms with Gasteiger partial charge in [0.05, 0.1) is 11.0 Å². The Bertz CT molecular complexity index is 1200. The van der Waals surface area contributed by atoms with Crippen LogP contribution in [0.15, 0.2) is 78.9 Å². The number of aryl methyl sites for hydroxylation is 1. The van der Waals surface area contributed by atoms with Crippen molar-refractivity contribution in [2.75, 3.05) is 11.9 Å². The van der Waals surface area contributed by atoms with E-state index < -0.39 is 0 Å². The maximum absolute atomic E-state index is 12.5. The van der Waals surface area contributed by atoms with Crippen LogP contribution in [0.1, 0.15) is 29.5 Å². The van der Waals surface area contributed by atoms with Crippen LogP contribution in [0.3, 0.4) is 0 Å². The maximum atomic E-state index is 12.5. The van der Waals surface area contributed by atoms with Crippen molar-refractivity contribution in [1.82, 2.24) is 14.9 Å². The summed E-state index contributed by atoms with van der Waals surface area (Å²) in [7, 11) is 0. The Kier molecular flexibility index (Phi) is 6.08. The van der Waals surface area contributed by atoms with Crippen LogP contribution in [0, 0.1) is 0 Å². The van der Waals surface area contributed by atoms with Crippen LogP contribution in [-0.2, 0) is 11.2 Å². The molecule has 0 aliphatic carbocycles. The topological polar surface area (TPSA) is 76.0 Å². The van der Waals surface area contributed by atoms with Gasteiger partial charge in [0.2, 0.25) is 5.91 Å². The molecule has 6 nitrogen and oxygen atoms in total. The minimum absolute atomic E-state index is 0.0996. The van der Waals surface area contributed by atoms with Gasteiger partial charge in [-0.25, -0.2) is 4.98 Å². The van der Waals surface area contributed by atoms with Crippen molar-refractivity contribution in [3.05, 3.63) is 90.3 Å². The molecule has 2 N–H and O–H groups in total. The second-order valence-electron chi connectivity index (χ2n) is 7.17.